The van der Waals surface area contributed by atoms with E-state index in [0.29, 0.717) is 33.6 Å². The van der Waals surface area contributed by atoms with E-state index in [1.807, 2.05) is 48.5 Å². The summed E-state index contributed by atoms with van der Waals surface area (Å²) in [4.78, 5) is 29.6. The zero-order valence-electron chi connectivity index (χ0n) is 22.2. The second kappa shape index (κ2) is 11.6. The minimum Gasteiger partial charge on any atom is -0.488 e. The summed E-state index contributed by atoms with van der Waals surface area (Å²) in [6.45, 7) is 0.139. The Kier molecular flexibility index (Phi) is 7.61. The number of nitrogens with zero attached hydrogens (tertiary/aromatic N) is 4. The summed E-state index contributed by atoms with van der Waals surface area (Å²) >= 11 is 3.48. The third-order valence-electron chi connectivity index (χ3n) is 7.55. The van der Waals surface area contributed by atoms with Gasteiger partial charge < -0.3 is 4.74 Å². The Hall–Kier alpha value is -4.37. The molecule has 6 rings (SSSR count). The zero-order valence-corrected chi connectivity index (χ0v) is 23.8. The molecule has 0 spiro atoms. The highest BCUT2D eigenvalue weighted by molar-refractivity contribution is 9.10. The highest BCUT2D eigenvalue weighted by atomic mass is 79.9. The Bertz CT molecular complexity index is 1860. The number of hydrogen-bond donors (Lipinski definition) is 0. The summed E-state index contributed by atoms with van der Waals surface area (Å²) in [5.41, 5.74) is 1.85. The summed E-state index contributed by atoms with van der Waals surface area (Å²) in [6.07, 6.45) is 6.99. The number of benzene rings is 4. The van der Waals surface area contributed by atoms with Gasteiger partial charge in [0.05, 0.1) is 22.0 Å². The molecule has 1 aliphatic rings. The maximum Gasteiger partial charge on any atom is 0.282 e. The van der Waals surface area contributed by atoms with Crippen LogP contribution >= 0.6 is 15.9 Å². The predicted molar refractivity (Wildman–Crippen MR) is 164 cm³/mol. The monoisotopic (exact) mass is 610 g/mol. The fourth-order valence-corrected chi connectivity index (χ4v) is 5.83. The van der Waals surface area contributed by atoms with Crippen molar-refractivity contribution in [3.05, 3.63) is 121 Å². The Morgan fingerprint density at radius 1 is 1.00 bits per heavy atom. The van der Waals surface area contributed by atoms with Crippen LogP contribution < -0.4 is 10.3 Å². The molecule has 0 unspecified atom stereocenters. The largest absolute Gasteiger partial charge is 0.488 e. The molecule has 0 atom stereocenters. The van der Waals surface area contributed by atoms with Gasteiger partial charge in [-0.1, -0.05) is 77.7 Å². The molecule has 4 aromatic carbocycles. The summed E-state index contributed by atoms with van der Waals surface area (Å²) in [7, 11) is 0. The second-order valence-corrected chi connectivity index (χ2v) is 11.2. The molecule has 5 aromatic rings. The maximum absolute atomic E-state index is 13.8. The molecule has 0 bridgehead atoms. The molecule has 1 fully saturated rings. The molecule has 8 nitrogen and oxygen atoms in total. The maximum atomic E-state index is 13.8. The molecule has 9 heteroatoms. The quantitative estimate of drug-likeness (QED) is 0.107. The summed E-state index contributed by atoms with van der Waals surface area (Å²) < 4.78 is 8.45. The number of nitro groups is 1. The molecule has 0 aliphatic heterocycles. The van der Waals surface area contributed by atoms with Crippen molar-refractivity contribution in [2.24, 2.45) is 5.10 Å². The number of aromatic nitrogens is 2. The van der Waals surface area contributed by atoms with Crippen LogP contribution in [-0.4, -0.2) is 20.8 Å². The SMILES string of the molecule is O=c1c2cc(Br)ccc2nc(C2CCCCC2)n1N=Cc1c(OCc2cccc([N+](=O)[O-])c2)ccc2ccccc12. The Labute approximate surface area is 244 Å². The molecule has 1 aromatic heterocycles. The second-order valence-electron chi connectivity index (χ2n) is 10.2. The van der Waals surface area contributed by atoms with Crippen molar-refractivity contribution in [1.29, 1.82) is 0 Å². The Morgan fingerprint density at radius 2 is 1.83 bits per heavy atom. The number of hydrogen-bond acceptors (Lipinski definition) is 6. The van der Waals surface area contributed by atoms with Gasteiger partial charge in [0, 0.05) is 28.1 Å². The highest BCUT2D eigenvalue weighted by Gasteiger charge is 2.23. The number of fused-ring (bicyclic) bond motifs is 2. The molecule has 1 aliphatic carbocycles. The molecule has 1 saturated carbocycles. The molecule has 0 N–H and O–H groups in total. The van der Waals surface area contributed by atoms with Gasteiger partial charge in [-0.2, -0.15) is 9.78 Å². The van der Waals surface area contributed by atoms with Crippen molar-refractivity contribution < 1.29 is 9.66 Å². The van der Waals surface area contributed by atoms with Gasteiger partial charge in [0.15, 0.2) is 0 Å². The lowest BCUT2D eigenvalue weighted by Gasteiger charge is -2.23. The normalized spacial score (nSPS) is 14.2. The van der Waals surface area contributed by atoms with Crippen LogP contribution in [0.2, 0.25) is 0 Å². The van der Waals surface area contributed by atoms with E-state index in [4.69, 9.17) is 14.8 Å². The fraction of sp³-hybridized carbons (Fsp3) is 0.219. The van der Waals surface area contributed by atoms with Gasteiger partial charge in [0.25, 0.3) is 11.2 Å². The number of ether oxygens (including phenoxy) is 1. The van der Waals surface area contributed by atoms with Gasteiger partial charge in [-0.25, -0.2) is 4.98 Å². The van der Waals surface area contributed by atoms with Crippen LogP contribution in [0, 0.1) is 10.1 Å². The van der Waals surface area contributed by atoms with Gasteiger partial charge in [-0.3, -0.25) is 14.9 Å². The summed E-state index contributed by atoms with van der Waals surface area (Å²) in [5, 5.41) is 18.4. The van der Waals surface area contributed by atoms with Crippen molar-refractivity contribution in [3.63, 3.8) is 0 Å². The summed E-state index contributed by atoms with van der Waals surface area (Å²) in [5.74, 6) is 1.39. The van der Waals surface area contributed by atoms with Gasteiger partial charge in [0.2, 0.25) is 0 Å². The van der Waals surface area contributed by atoms with Gasteiger partial charge >= 0.3 is 0 Å². The van der Waals surface area contributed by atoms with E-state index in [1.54, 1.807) is 24.4 Å². The molecule has 0 radical (unpaired) electrons. The zero-order chi connectivity index (χ0) is 28.3. The van der Waals surface area contributed by atoms with Crippen LogP contribution in [0.5, 0.6) is 5.75 Å². The van der Waals surface area contributed by atoms with Crippen LogP contribution in [0.1, 0.15) is 55.0 Å². The van der Waals surface area contributed by atoms with E-state index in [9.17, 15) is 14.9 Å². The highest BCUT2D eigenvalue weighted by Crippen LogP contribution is 2.33. The van der Waals surface area contributed by atoms with E-state index in [-0.39, 0.29) is 23.8 Å². The number of nitro benzene ring substituents is 1. The standard InChI is InChI=1S/C32H27BrN4O4/c33-24-14-15-29-27(18-24)32(38)36(31(35-29)23-9-2-1-3-10-23)34-19-28-26-12-5-4-8-22(26)13-16-30(28)41-20-21-7-6-11-25(17-21)37(39)40/h4-8,11-19,23H,1-3,9-10,20H2. The van der Waals surface area contributed by atoms with Crippen molar-refractivity contribution >= 4 is 49.5 Å². The number of non-ortho nitro benzene ring substituents is 1. The average Bonchev–Trinajstić information content (AvgIpc) is 3.00. The molecule has 206 valence electrons. The van der Waals surface area contributed by atoms with E-state index >= 15 is 0 Å². The fourth-order valence-electron chi connectivity index (χ4n) is 5.47. The average molecular weight is 611 g/mol. The first kappa shape index (κ1) is 26.8. The lowest BCUT2D eigenvalue weighted by atomic mass is 9.88. The topological polar surface area (TPSA) is 99.6 Å². The number of halogens is 1. The summed E-state index contributed by atoms with van der Waals surface area (Å²) in [6, 6.07) is 23.7. The third kappa shape index (κ3) is 5.63. The van der Waals surface area contributed by atoms with Crippen molar-refractivity contribution in [2.75, 3.05) is 0 Å². The minimum atomic E-state index is -0.421. The number of rotatable bonds is 7. The van der Waals surface area contributed by atoms with Crippen LogP contribution in [0.25, 0.3) is 21.7 Å². The van der Waals surface area contributed by atoms with Crippen molar-refractivity contribution in [3.8, 4) is 5.75 Å². The van der Waals surface area contributed by atoms with Crippen molar-refractivity contribution in [1.82, 2.24) is 9.66 Å². The first-order chi connectivity index (χ1) is 20.0. The van der Waals surface area contributed by atoms with E-state index in [0.717, 1.165) is 40.9 Å². The molecule has 0 saturated heterocycles. The van der Waals surface area contributed by atoms with E-state index < -0.39 is 4.92 Å². The smallest absolute Gasteiger partial charge is 0.282 e. The Balaban J connectivity index is 1.45. The van der Waals surface area contributed by atoms with Gasteiger partial charge in [0.1, 0.15) is 18.2 Å². The minimum absolute atomic E-state index is 0.0106. The molecule has 41 heavy (non-hydrogen) atoms. The first-order valence-corrected chi connectivity index (χ1v) is 14.4. The van der Waals surface area contributed by atoms with Crippen LogP contribution in [0.3, 0.4) is 0 Å². The van der Waals surface area contributed by atoms with Gasteiger partial charge in [-0.15, -0.1) is 0 Å². The van der Waals surface area contributed by atoms with Crippen LogP contribution in [0.4, 0.5) is 5.69 Å². The molecule has 1 heterocycles. The molecule has 0 amide bonds. The van der Waals surface area contributed by atoms with Crippen LogP contribution in [-0.2, 0) is 6.61 Å². The third-order valence-corrected chi connectivity index (χ3v) is 8.05. The lowest BCUT2D eigenvalue weighted by Crippen LogP contribution is -2.25. The lowest BCUT2D eigenvalue weighted by molar-refractivity contribution is -0.384. The van der Waals surface area contributed by atoms with Crippen LogP contribution in [0.15, 0.2) is 93.2 Å². The van der Waals surface area contributed by atoms with E-state index in [1.165, 1.54) is 23.2 Å². The van der Waals surface area contributed by atoms with Crippen molar-refractivity contribution in [2.45, 2.75) is 44.6 Å². The first-order valence-electron chi connectivity index (χ1n) is 13.6. The molecular weight excluding hydrogens is 584 g/mol. The van der Waals surface area contributed by atoms with E-state index in [2.05, 4.69) is 15.9 Å². The Morgan fingerprint density at radius 3 is 2.66 bits per heavy atom. The van der Waals surface area contributed by atoms with Gasteiger partial charge in [-0.05, 0) is 53.4 Å². The molecular formula is C32H27BrN4O4. The predicted octanol–water partition coefficient (Wildman–Crippen LogP) is 7.73.